The van der Waals surface area contributed by atoms with Crippen molar-refractivity contribution in [3.05, 3.63) is 36.4 Å². The lowest BCUT2D eigenvalue weighted by Crippen LogP contribution is -2.29. The van der Waals surface area contributed by atoms with Crippen molar-refractivity contribution in [2.75, 3.05) is 59.5 Å². The molecule has 0 unspecified atom stereocenters. The van der Waals surface area contributed by atoms with Crippen LogP contribution in [0, 0.1) is 0 Å². The standard InChI is InChI=1S/C47H69F3O11S/c1-10-19-52-34-28-37(55-22-13-4)43(38(29-34)56-23-14-5)62(61-46(51)47(48,49)50,44-39(57-24-15-6)30-35(53-20-11-2)31-40(44)58-25-16-7)45-41(59-26-17-8)32-36(54-21-12-3)33-42(45)60-27-18-9/h28-33H,10-27H2,1-9H3. The van der Waals surface area contributed by atoms with Gasteiger partial charge in [0.1, 0.15) is 66.4 Å². The fraction of sp³-hybridized carbons (Fsp3) is 0.596. The SMILES string of the molecule is CCCOc1cc(OCCC)c(S(OC(=O)C(F)(F)F)(c2c(OCCC)cc(OCCC)cc2OCCC)c2c(OCCC)cc(OCCC)cc2OCCC)c(OCCC)c1. The normalized spacial score (nSPS) is 11.7. The summed E-state index contributed by atoms with van der Waals surface area (Å²) in [4.78, 5) is 14.1. The van der Waals surface area contributed by atoms with E-state index in [0.29, 0.717) is 94.9 Å². The van der Waals surface area contributed by atoms with Crippen LogP contribution in [-0.4, -0.2) is 71.6 Å². The fourth-order valence-corrected chi connectivity index (χ4v) is 9.52. The molecule has 0 spiro atoms. The van der Waals surface area contributed by atoms with Crippen LogP contribution in [-0.2, 0) is 8.98 Å². The van der Waals surface area contributed by atoms with Gasteiger partial charge in [-0.25, -0.2) is 4.79 Å². The quantitative estimate of drug-likeness (QED) is 0.0615. The largest absolute Gasteiger partial charge is 0.493 e. The molecule has 11 nitrogen and oxygen atoms in total. The van der Waals surface area contributed by atoms with Crippen molar-refractivity contribution >= 4 is 16.3 Å². The maximum atomic E-state index is 15.2. The average Bonchev–Trinajstić information content (AvgIpc) is 3.26. The molecule has 0 aliphatic carbocycles. The highest BCUT2D eigenvalue weighted by Crippen LogP contribution is 2.81. The zero-order valence-electron chi connectivity index (χ0n) is 38.2. The highest BCUT2D eigenvalue weighted by Gasteiger charge is 2.54. The number of ether oxygens (including phenoxy) is 9. The van der Waals surface area contributed by atoms with E-state index in [2.05, 4.69) is 0 Å². The Balaban J connectivity index is 3.00. The number of benzene rings is 3. The third kappa shape index (κ3) is 14.0. The van der Waals surface area contributed by atoms with Crippen LogP contribution >= 0.6 is 10.3 Å². The van der Waals surface area contributed by atoms with Crippen LogP contribution in [0.15, 0.2) is 51.1 Å². The van der Waals surface area contributed by atoms with Crippen LogP contribution in [0.2, 0.25) is 0 Å². The van der Waals surface area contributed by atoms with E-state index in [4.69, 9.17) is 46.8 Å². The van der Waals surface area contributed by atoms with E-state index in [9.17, 15) is 4.79 Å². The van der Waals surface area contributed by atoms with Crippen LogP contribution in [0.3, 0.4) is 0 Å². The van der Waals surface area contributed by atoms with Crippen molar-refractivity contribution in [2.45, 2.75) is 141 Å². The Morgan fingerprint density at radius 3 is 0.758 bits per heavy atom. The van der Waals surface area contributed by atoms with E-state index in [1.807, 2.05) is 62.3 Å². The summed E-state index contributed by atoms with van der Waals surface area (Å²) in [6.45, 7) is 19.0. The number of carbonyl (C=O) groups excluding carboxylic acids is 1. The van der Waals surface area contributed by atoms with Gasteiger partial charge in [-0.1, -0.05) is 62.3 Å². The molecule has 0 aliphatic rings. The van der Waals surface area contributed by atoms with E-state index >= 15 is 13.2 Å². The van der Waals surface area contributed by atoms with Crippen LogP contribution in [0.1, 0.15) is 120 Å². The van der Waals surface area contributed by atoms with Gasteiger partial charge >= 0.3 is 12.1 Å². The van der Waals surface area contributed by atoms with E-state index in [1.54, 1.807) is 36.4 Å². The molecule has 0 saturated carbocycles. The van der Waals surface area contributed by atoms with Crippen molar-refractivity contribution in [2.24, 2.45) is 0 Å². The number of rotatable bonds is 31. The lowest BCUT2D eigenvalue weighted by Gasteiger charge is -2.43. The fourth-order valence-electron chi connectivity index (χ4n) is 5.92. The van der Waals surface area contributed by atoms with Gasteiger partial charge < -0.3 is 46.8 Å². The topological polar surface area (TPSA) is 109 Å². The Morgan fingerprint density at radius 1 is 0.387 bits per heavy atom. The van der Waals surface area contributed by atoms with Gasteiger partial charge in [-0.05, 0) is 57.8 Å². The minimum Gasteiger partial charge on any atom is -0.493 e. The molecule has 15 heteroatoms. The molecule has 0 N–H and O–H groups in total. The Kier molecular flexibility index (Phi) is 22.4. The molecular formula is C47H69F3O11S. The Bertz CT molecular complexity index is 1530. The number of alkyl halides is 3. The summed E-state index contributed by atoms with van der Waals surface area (Å²) >= 11 is 0. The van der Waals surface area contributed by atoms with Crippen LogP contribution in [0.25, 0.3) is 0 Å². The van der Waals surface area contributed by atoms with Gasteiger partial charge in [0, 0.05) is 46.7 Å². The van der Waals surface area contributed by atoms with Crippen LogP contribution < -0.4 is 42.6 Å². The predicted molar refractivity (Wildman–Crippen MR) is 236 cm³/mol. The van der Waals surface area contributed by atoms with Gasteiger partial charge in [0.25, 0.3) is 0 Å². The number of halogens is 3. The molecule has 62 heavy (non-hydrogen) atoms. The molecule has 0 aliphatic heterocycles. The molecule has 0 fully saturated rings. The highest BCUT2D eigenvalue weighted by molar-refractivity contribution is 8.30. The molecule has 0 saturated heterocycles. The molecular weight excluding hydrogens is 830 g/mol. The zero-order chi connectivity index (χ0) is 45.5. The number of hydrogen-bond donors (Lipinski definition) is 0. The maximum absolute atomic E-state index is 15.2. The number of hydrogen-bond acceptors (Lipinski definition) is 11. The lowest BCUT2D eigenvalue weighted by atomic mass is 10.2. The molecule has 0 heterocycles. The predicted octanol–water partition coefficient (Wildman–Crippen LogP) is 13.1. The first kappa shape index (κ1) is 51.8. The smallest absolute Gasteiger partial charge is 0.491 e. The minimum atomic E-state index is -5.49. The molecule has 0 atom stereocenters. The third-order valence-corrected chi connectivity index (χ3v) is 11.8. The van der Waals surface area contributed by atoms with Crippen molar-refractivity contribution in [3.63, 3.8) is 0 Å². The Labute approximate surface area is 368 Å². The second kappa shape index (κ2) is 26.8. The zero-order valence-corrected chi connectivity index (χ0v) is 39.0. The first-order chi connectivity index (χ1) is 29.9. The van der Waals surface area contributed by atoms with E-state index in [-0.39, 0.29) is 88.8 Å². The van der Waals surface area contributed by atoms with E-state index in [1.165, 1.54) is 0 Å². The Morgan fingerprint density at radius 2 is 0.581 bits per heavy atom. The first-order valence-corrected chi connectivity index (χ1v) is 23.8. The van der Waals surface area contributed by atoms with Crippen LogP contribution in [0.4, 0.5) is 13.2 Å². The summed E-state index contributed by atoms with van der Waals surface area (Å²) < 4.78 is 110. The van der Waals surface area contributed by atoms with Crippen molar-refractivity contribution in [1.29, 1.82) is 0 Å². The van der Waals surface area contributed by atoms with Crippen molar-refractivity contribution in [1.82, 2.24) is 0 Å². The summed E-state index contributed by atoms with van der Waals surface area (Å²) in [5.74, 6) is -1.14. The van der Waals surface area contributed by atoms with Gasteiger partial charge in [-0.3, -0.25) is 0 Å². The monoisotopic (exact) mass is 898 g/mol. The average molecular weight is 899 g/mol. The Hall–Kier alpha value is -4.53. The molecule has 0 bridgehead atoms. The highest BCUT2D eigenvalue weighted by atomic mass is 32.3. The van der Waals surface area contributed by atoms with Crippen molar-refractivity contribution < 1.29 is 64.8 Å². The minimum absolute atomic E-state index is 0.0179. The van der Waals surface area contributed by atoms with Gasteiger partial charge in [0.15, 0.2) is 0 Å². The van der Waals surface area contributed by atoms with Crippen molar-refractivity contribution in [3.8, 4) is 51.7 Å². The number of carbonyl (C=O) groups is 1. The van der Waals surface area contributed by atoms with E-state index in [0.717, 1.165) is 0 Å². The van der Waals surface area contributed by atoms with Gasteiger partial charge in [0.2, 0.25) is 0 Å². The summed E-state index contributed by atoms with van der Waals surface area (Å²) in [5, 5.41) is 0. The lowest BCUT2D eigenvalue weighted by molar-refractivity contribution is -0.188. The second-order valence-corrected chi connectivity index (χ2v) is 16.8. The molecule has 0 amide bonds. The summed E-state index contributed by atoms with van der Waals surface area (Å²) in [7, 11) is -4.28. The first-order valence-electron chi connectivity index (χ1n) is 22.3. The third-order valence-electron chi connectivity index (χ3n) is 8.47. The van der Waals surface area contributed by atoms with Gasteiger partial charge in [-0.15, -0.1) is 0 Å². The molecule has 350 valence electrons. The molecule has 0 aromatic heterocycles. The molecule has 3 aromatic carbocycles. The molecule has 3 aromatic rings. The molecule has 3 rings (SSSR count). The van der Waals surface area contributed by atoms with Gasteiger partial charge in [-0.2, -0.15) is 13.2 Å². The van der Waals surface area contributed by atoms with E-state index < -0.39 is 22.5 Å². The van der Waals surface area contributed by atoms with Crippen LogP contribution in [0.5, 0.6) is 51.7 Å². The summed E-state index contributed by atoms with van der Waals surface area (Å²) in [6.07, 6.45) is -0.356. The summed E-state index contributed by atoms with van der Waals surface area (Å²) in [6, 6.07) is 9.57. The second-order valence-electron chi connectivity index (χ2n) is 14.3. The van der Waals surface area contributed by atoms with Gasteiger partial charge in [0.05, 0.1) is 59.5 Å². The molecule has 0 radical (unpaired) electrons. The summed E-state index contributed by atoms with van der Waals surface area (Å²) in [5.41, 5.74) is 0. The maximum Gasteiger partial charge on any atom is 0.491 e.